The van der Waals surface area contributed by atoms with Gasteiger partial charge in [-0.3, -0.25) is 0 Å². The maximum atomic E-state index is 10.5. The van der Waals surface area contributed by atoms with Crippen molar-refractivity contribution < 1.29 is 0 Å². The van der Waals surface area contributed by atoms with E-state index in [-0.39, 0.29) is 6.04 Å². The third-order valence-corrected chi connectivity index (χ3v) is 2.58. The smallest absolute Gasteiger partial charge is 0.117 e. The monoisotopic (exact) mass is 173 g/mol. The Labute approximate surface area is 77.3 Å². The lowest BCUT2D eigenvalue weighted by Gasteiger charge is -2.02. The Kier molecular flexibility index (Phi) is 1.97. The molecule has 66 valence electrons. The molecule has 2 nitrogen and oxygen atoms in total. The number of nitroso groups, excluding NO2 is 1. The van der Waals surface area contributed by atoms with Crippen LogP contribution < -0.4 is 0 Å². The fourth-order valence-electron chi connectivity index (χ4n) is 1.85. The van der Waals surface area contributed by atoms with Crippen molar-refractivity contribution in [3.63, 3.8) is 0 Å². The van der Waals surface area contributed by atoms with Gasteiger partial charge >= 0.3 is 0 Å². The molecule has 1 unspecified atom stereocenters. The fraction of sp³-hybridized carbons (Fsp3) is 0.273. The van der Waals surface area contributed by atoms with Crippen LogP contribution in [0.25, 0.3) is 6.08 Å². The minimum atomic E-state index is -0.117. The zero-order valence-electron chi connectivity index (χ0n) is 7.36. The molecule has 0 saturated carbocycles. The largest absolute Gasteiger partial charge is 0.150 e. The van der Waals surface area contributed by atoms with E-state index in [1.165, 1.54) is 5.56 Å². The summed E-state index contributed by atoms with van der Waals surface area (Å²) >= 11 is 0. The molecule has 0 aromatic heterocycles. The number of hydrogen-bond acceptors (Lipinski definition) is 2. The lowest BCUT2D eigenvalue weighted by Crippen LogP contribution is -1.87. The lowest BCUT2D eigenvalue weighted by atomic mass is 10.1. The van der Waals surface area contributed by atoms with Crippen LogP contribution in [0.5, 0.6) is 0 Å². The Morgan fingerprint density at radius 3 is 3.08 bits per heavy atom. The SMILES string of the molecule is C=Cc1ccc2c(c1)CCC2N=O. The predicted molar refractivity (Wildman–Crippen MR) is 53.4 cm³/mol. The topological polar surface area (TPSA) is 29.4 Å². The van der Waals surface area contributed by atoms with Gasteiger partial charge in [-0.15, -0.1) is 0 Å². The zero-order valence-corrected chi connectivity index (χ0v) is 7.36. The third-order valence-electron chi connectivity index (χ3n) is 2.58. The summed E-state index contributed by atoms with van der Waals surface area (Å²) in [6, 6.07) is 5.95. The van der Waals surface area contributed by atoms with E-state index in [2.05, 4.69) is 17.8 Å². The van der Waals surface area contributed by atoms with Crippen molar-refractivity contribution in [2.45, 2.75) is 18.9 Å². The molecule has 1 aromatic carbocycles. The highest BCUT2D eigenvalue weighted by molar-refractivity contribution is 5.51. The molecule has 2 rings (SSSR count). The van der Waals surface area contributed by atoms with E-state index in [4.69, 9.17) is 0 Å². The Morgan fingerprint density at radius 1 is 1.54 bits per heavy atom. The molecule has 1 atom stereocenters. The summed E-state index contributed by atoms with van der Waals surface area (Å²) < 4.78 is 0. The van der Waals surface area contributed by atoms with E-state index in [1.54, 1.807) is 0 Å². The molecule has 1 aromatic rings. The highest BCUT2D eigenvalue weighted by Crippen LogP contribution is 2.34. The van der Waals surface area contributed by atoms with E-state index < -0.39 is 0 Å². The number of nitrogens with zero attached hydrogens (tertiary/aromatic N) is 1. The fourth-order valence-corrected chi connectivity index (χ4v) is 1.85. The summed E-state index contributed by atoms with van der Waals surface area (Å²) in [6.45, 7) is 3.71. The molecule has 0 amide bonds. The first-order chi connectivity index (χ1) is 6.35. The van der Waals surface area contributed by atoms with Crippen LogP contribution in [0.15, 0.2) is 30.0 Å². The average Bonchev–Trinajstić information content (AvgIpc) is 2.59. The number of hydrogen-bond donors (Lipinski definition) is 0. The van der Waals surface area contributed by atoms with E-state index in [0.717, 1.165) is 24.0 Å². The van der Waals surface area contributed by atoms with Gasteiger partial charge in [-0.1, -0.05) is 36.0 Å². The second-order valence-corrected chi connectivity index (χ2v) is 3.32. The lowest BCUT2D eigenvalue weighted by molar-refractivity contribution is 0.710. The first kappa shape index (κ1) is 8.17. The molecule has 0 aliphatic heterocycles. The molecule has 1 aliphatic rings. The van der Waals surface area contributed by atoms with E-state index in [0.29, 0.717) is 0 Å². The van der Waals surface area contributed by atoms with Crippen LogP contribution in [0.3, 0.4) is 0 Å². The van der Waals surface area contributed by atoms with Gasteiger partial charge in [-0.05, 0) is 29.5 Å². The van der Waals surface area contributed by atoms with Crippen LogP contribution in [0, 0.1) is 4.91 Å². The first-order valence-electron chi connectivity index (χ1n) is 4.43. The molecule has 0 saturated heterocycles. The van der Waals surface area contributed by atoms with Gasteiger partial charge in [0.1, 0.15) is 6.04 Å². The number of rotatable bonds is 2. The van der Waals surface area contributed by atoms with Gasteiger partial charge in [0.15, 0.2) is 0 Å². The van der Waals surface area contributed by atoms with Crippen LogP contribution >= 0.6 is 0 Å². The van der Waals surface area contributed by atoms with Crippen LogP contribution in [-0.4, -0.2) is 0 Å². The van der Waals surface area contributed by atoms with Gasteiger partial charge < -0.3 is 0 Å². The number of benzene rings is 1. The van der Waals surface area contributed by atoms with Gasteiger partial charge in [-0.25, -0.2) is 0 Å². The van der Waals surface area contributed by atoms with Crippen molar-refractivity contribution in [2.24, 2.45) is 5.18 Å². The Bertz CT molecular complexity index is 357. The van der Waals surface area contributed by atoms with Crippen molar-refractivity contribution in [1.29, 1.82) is 0 Å². The number of aryl methyl sites for hydroxylation is 1. The number of fused-ring (bicyclic) bond motifs is 1. The van der Waals surface area contributed by atoms with E-state index in [9.17, 15) is 4.91 Å². The van der Waals surface area contributed by atoms with Crippen LogP contribution in [0.1, 0.15) is 29.2 Å². The predicted octanol–water partition coefficient (Wildman–Crippen LogP) is 3.08. The van der Waals surface area contributed by atoms with E-state index >= 15 is 0 Å². The van der Waals surface area contributed by atoms with Gasteiger partial charge in [-0.2, -0.15) is 4.91 Å². The molecule has 2 heteroatoms. The molecule has 0 heterocycles. The molecule has 1 aliphatic carbocycles. The molecular formula is C11H11NO. The summed E-state index contributed by atoms with van der Waals surface area (Å²) in [7, 11) is 0. The third kappa shape index (κ3) is 1.28. The Hall–Kier alpha value is -1.44. The highest BCUT2D eigenvalue weighted by atomic mass is 16.3. The quantitative estimate of drug-likeness (QED) is 0.632. The van der Waals surface area contributed by atoms with E-state index in [1.807, 2.05) is 18.2 Å². The zero-order chi connectivity index (χ0) is 9.26. The maximum absolute atomic E-state index is 10.5. The Morgan fingerprint density at radius 2 is 2.38 bits per heavy atom. The minimum absolute atomic E-state index is 0.117. The molecule has 0 N–H and O–H groups in total. The molecule has 0 spiro atoms. The average molecular weight is 173 g/mol. The minimum Gasteiger partial charge on any atom is -0.150 e. The highest BCUT2D eigenvalue weighted by Gasteiger charge is 2.22. The summed E-state index contributed by atoms with van der Waals surface area (Å²) in [4.78, 5) is 10.5. The molecule has 0 bridgehead atoms. The Balaban J connectivity index is 2.45. The van der Waals surface area contributed by atoms with Gasteiger partial charge in [0, 0.05) is 0 Å². The first-order valence-corrected chi connectivity index (χ1v) is 4.43. The van der Waals surface area contributed by atoms with Crippen molar-refractivity contribution >= 4 is 6.08 Å². The van der Waals surface area contributed by atoms with Crippen molar-refractivity contribution in [3.05, 3.63) is 46.4 Å². The van der Waals surface area contributed by atoms with Crippen molar-refractivity contribution in [3.8, 4) is 0 Å². The van der Waals surface area contributed by atoms with Gasteiger partial charge in [0.25, 0.3) is 0 Å². The van der Waals surface area contributed by atoms with Crippen molar-refractivity contribution in [2.75, 3.05) is 0 Å². The normalized spacial score (nSPS) is 19.5. The summed E-state index contributed by atoms with van der Waals surface area (Å²) in [6.07, 6.45) is 3.65. The summed E-state index contributed by atoms with van der Waals surface area (Å²) in [5.74, 6) is 0. The molecule has 0 radical (unpaired) electrons. The van der Waals surface area contributed by atoms with Crippen LogP contribution in [0.2, 0.25) is 0 Å². The van der Waals surface area contributed by atoms with Gasteiger partial charge in [0.2, 0.25) is 0 Å². The molecule has 13 heavy (non-hydrogen) atoms. The summed E-state index contributed by atoms with van der Waals surface area (Å²) in [5.41, 5.74) is 3.47. The second-order valence-electron chi connectivity index (χ2n) is 3.32. The van der Waals surface area contributed by atoms with Crippen molar-refractivity contribution in [1.82, 2.24) is 0 Å². The molecule has 0 fully saturated rings. The standard InChI is InChI=1S/C11H11NO/c1-2-8-3-5-10-9(7-8)4-6-11(10)12-13/h2-3,5,7,11H,1,4,6H2. The maximum Gasteiger partial charge on any atom is 0.117 e. The van der Waals surface area contributed by atoms with Gasteiger partial charge in [0.05, 0.1) is 0 Å². The second kappa shape index (κ2) is 3.13. The molecular weight excluding hydrogens is 162 g/mol. The van der Waals surface area contributed by atoms with Crippen LogP contribution in [0.4, 0.5) is 0 Å². The summed E-state index contributed by atoms with van der Waals surface area (Å²) in [5, 5.41) is 3.11. The van der Waals surface area contributed by atoms with Crippen LogP contribution in [-0.2, 0) is 6.42 Å².